The highest BCUT2D eigenvalue weighted by molar-refractivity contribution is 6.30. The first-order valence-electron chi connectivity index (χ1n) is 11.4. The van der Waals surface area contributed by atoms with Crippen LogP contribution in [0.15, 0.2) is 84.3 Å². The molecule has 1 aliphatic rings. The van der Waals surface area contributed by atoms with Gasteiger partial charge in [0.1, 0.15) is 19.0 Å². The summed E-state index contributed by atoms with van der Waals surface area (Å²) >= 11 is 12.0. The summed E-state index contributed by atoms with van der Waals surface area (Å²) in [6.45, 7) is 2.10. The van der Waals surface area contributed by atoms with E-state index in [9.17, 15) is 4.79 Å². The van der Waals surface area contributed by atoms with Crippen molar-refractivity contribution in [2.24, 2.45) is 0 Å². The fraction of sp³-hybridized carbons (Fsp3) is 0.148. The maximum absolute atomic E-state index is 13.7. The minimum absolute atomic E-state index is 0.273. The van der Waals surface area contributed by atoms with Crippen molar-refractivity contribution in [2.45, 2.75) is 19.6 Å². The van der Waals surface area contributed by atoms with Gasteiger partial charge in [0.05, 0.1) is 12.7 Å². The number of hydrogen-bond acceptors (Lipinski definition) is 6. The lowest BCUT2D eigenvalue weighted by atomic mass is 9.94. The standard InChI is InChI=1S/C27H23Cl2N5O3/c1-16-23(26(35)33-20-12-10-19(29)11-13-20)24(34-27(32-16)30-15-31-34)21-4-3-5-22(36-2)25(21)37-14-17-6-8-18(28)9-7-17/h3-13,15,24H,14H2,1-2H3,(H,33,35)(H,30,31,32). The van der Waals surface area contributed by atoms with E-state index in [-0.39, 0.29) is 12.5 Å². The third-order valence-electron chi connectivity index (χ3n) is 5.96. The van der Waals surface area contributed by atoms with Crippen LogP contribution in [0.5, 0.6) is 11.5 Å². The van der Waals surface area contributed by atoms with Crippen LogP contribution in [-0.4, -0.2) is 27.8 Å². The van der Waals surface area contributed by atoms with Gasteiger partial charge in [0, 0.05) is 27.0 Å². The van der Waals surface area contributed by atoms with Crippen LogP contribution in [0.4, 0.5) is 11.6 Å². The van der Waals surface area contributed by atoms with Crippen molar-refractivity contribution in [1.29, 1.82) is 0 Å². The van der Waals surface area contributed by atoms with E-state index in [1.807, 2.05) is 49.4 Å². The Bertz CT molecular complexity index is 1470. The molecule has 2 N–H and O–H groups in total. The lowest BCUT2D eigenvalue weighted by molar-refractivity contribution is -0.113. The normalized spacial score (nSPS) is 14.5. The fourth-order valence-corrected chi connectivity index (χ4v) is 4.46. The Balaban J connectivity index is 1.56. The number of para-hydroxylation sites is 1. The zero-order chi connectivity index (χ0) is 25.9. The fourth-order valence-electron chi connectivity index (χ4n) is 4.20. The van der Waals surface area contributed by atoms with Gasteiger partial charge in [-0.15, -0.1) is 0 Å². The van der Waals surface area contributed by atoms with Crippen molar-refractivity contribution in [1.82, 2.24) is 14.8 Å². The molecule has 0 saturated carbocycles. The van der Waals surface area contributed by atoms with Crippen molar-refractivity contribution < 1.29 is 14.3 Å². The minimum atomic E-state index is -0.638. The molecular formula is C27H23Cl2N5O3. The number of fused-ring (bicyclic) bond motifs is 1. The Hall–Kier alpha value is -4.01. The van der Waals surface area contributed by atoms with E-state index >= 15 is 0 Å². The highest BCUT2D eigenvalue weighted by atomic mass is 35.5. The number of halogens is 2. The molecule has 2 heterocycles. The van der Waals surface area contributed by atoms with Gasteiger partial charge in [-0.05, 0) is 55.0 Å². The van der Waals surface area contributed by atoms with Gasteiger partial charge in [-0.2, -0.15) is 10.1 Å². The maximum atomic E-state index is 13.7. The van der Waals surface area contributed by atoms with E-state index in [1.54, 1.807) is 36.1 Å². The van der Waals surface area contributed by atoms with Crippen molar-refractivity contribution in [3.8, 4) is 11.5 Å². The summed E-state index contributed by atoms with van der Waals surface area (Å²) in [6, 6.07) is 19.3. The van der Waals surface area contributed by atoms with Crippen LogP contribution in [0, 0.1) is 0 Å². The Kier molecular flexibility index (Phi) is 7.03. The highest BCUT2D eigenvalue weighted by Crippen LogP contribution is 2.43. The van der Waals surface area contributed by atoms with E-state index in [2.05, 4.69) is 20.7 Å². The second-order valence-corrected chi connectivity index (χ2v) is 9.22. The molecule has 37 heavy (non-hydrogen) atoms. The number of nitrogens with one attached hydrogen (secondary N) is 2. The second kappa shape index (κ2) is 10.5. The zero-order valence-electron chi connectivity index (χ0n) is 20.0. The summed E-state index contributed by atoms with van der Waals surface area (Å²) in [6.07, 6.45) is 1.44. The predicted octanol–water partition coefficient (Wildman–Crippen LogP) is 6.10. The third kappa shape index (κ3) is 5.12. The van der Waals surface area contributed by atoms with Crippen LogP contribution in [0.25, 0.3) is 0 Å². The van der Waals surface area contributed by atoms with E-state index in [0.29, 0.717) is 50.0 Å². The van der Waals surface area contributed by atoms with E-state index in [4.69, 9.17) is 32.7 Å². The molecule has 10 heteroatoms. The number of allylic oxidation sites excluding steroid dienone is 1. The number of ether oxygens (including phenoxy) is 2. The smallest absolute Gasteiger partial charge is 0.255 e. The number of nitrogens with zero attached hydrogens (tertiary/aromatic N) is 3. The van der Waals surface area contributed by atoms with Crippen LogP contribution in [0.2, 0.25) is 10.0 Å². The van der Waals surface area contributed by atoms with Crippen LogP contribution < -0.4 is 20.1 Å². The first-order chi connectivity index (χ1) is 17.9. The number of aromatic nitrogens is 3. The van der Waals surface area contributed by atoms with Gasteiger partial charge in [0.25, 0.3) is 5.91 Å². The minimum Gasteiger partial charge on any atom is -0.493 e. The molecule has 1 aromatic heterocycles. The van der Waals surface area contributed by atoms with Crippen molar-refractivity contribution in [2.75, 3.05) is 17.7 Å². The molecule has 1 amide bonds. The van der Waals surface area contributed by atoms with E-state index in [0.717, 1.165) is 5.56 Å². The van der Waals surface area contributed by atoms with E-state index in [1.165, 1.54) is 6.33 Å². The number of hydrogen-bond donors (Lipinski definition) is 2. The first-order valence-corrected chi connectivity index (χ1v) is 12.2. The number of amides is 1. The molecule has 4 aromatic rings. The molecule has 1 unspecified atom stereocenters. The summed E-state index contributed by atoms with van der Waals surface area (Å²) in [5.41, 5.74) is 3.34. The topological polar surface area (TPSA) is 90.3 Å². The molecule has 0 fully saturated rings. The summed E-state index contributed by atoms with van der Waals surface area (Å²) < 4.78 is 13.6. The number of carbonyl (C=O) groups is 1. The number of benzene rings is 3. The summed E-state index contributed by atoms with van der Waals surface area (Å²) in [4.78, 5) is 18.0. The SMILES string of the molecule is COc1cccc(C2C(C(=O)Nc3ccc(Cl)cc3)=C(C)Nc3ncnn32)c1OCc1ccc(Cl)cc1. The molecule has 1 atom stereocenters. The van der Waals surface area contributed by atoms with Gasteiger partial charge in [0.15, 0.2) is 11.5 Å². The first kappa shape index (κ1) is 24.7. The van der Waals surface area contributed by atoms with Gasteiger partial charge in [-0.3, -0.25) is 4.79 Å². The average molecular weight is 536 g/mol. The summed E-state index contributed by atoms with van der Waals surface area (Å²) in [5.74, 6) is 1.24. The Morgan fingerprint density at radius 3 is 2.46 bits per heavy atom. The van der Waals surface area contributed by atoms with Crippen molar-refractivity contribution >= 4 is 40.7 Å². The predicted molar refractivity (Wildman–Crippen MR) is 143 cm³/mol. The molecule has 0 bridgehead atoms. The number of rotatable bonds is 7. The van der Waals surface area contributed by atoms with Crippen LogP contribution in [0.3, 0.4) is 0 Å². The van der Waals surface area contributed by atoms with Crippen molar-refractivity contribution in [3.05, 3.63) is 105 Å². The molecule has 0 aliphatic carbocycles. The maximum Gasteiger partial charge on any atom is 0.255 e. The average Bonchev–Trinajstić information content (AvgIpc) is 3.36. The second-order valence-electron chi connectivity index (χ2n) is 8.35. The zero-order valence-corrected chi connectivity index (χ0v) is 21.5. The van der Waals surface area contributed by atoms with E-state index < -0.39 is 6.04 Å². The van der Waals surface area contributed by atoms with Gasteiger partial charge >= 0.3 is 0 Å². The highest BCUT2D eigenvalue weighted by Gasteiger charge is 2.36. The largest absolute Gasteiger partial charge is 0.493 e. The molecule has 1 aliphatic heterocycles. The molecule has 0 spiro atoms. The number of carbonyl (C=O) groups excluding carboxylic acids is 1. The molecular weight excluding hydrogens is 513 g/mol. The molecule has 0 saturated heterocycles. The number of anilines is 2. The third-order valence-corrected chi connectivity index (χ3v) is 6.47. The van der Waals surface area contributed by atoms with Crippen LogP contribution >= 0.6 is 23.2 Å². The quantitative estimate of drug-likeness (QED) is 0.297. The molecule has 0 radical (unpaired) electrons. The summed E-state index contributed by atoms with van der Waals surface area (Å²) in [7, 11) is 1.58. The lowest BCUT2D eigenvalue weighted by Gasteiger charge is -2.30. The van der Waals surface area contributed by atoms with Crippen LogP contribution in [0.1, 0.15) is 24.1 Å². The lowest BCUT2D eigenvalue weighted by Crippen LogP contribution is -2.31. The monoisotopic (exact) mass is 535 g/mol. The van der Waals surface area contributed by atoms with Crippen LogP contribution in [-0.2, 0) is 11.4 Å². The van der Waals surface area contributed by atoms with Gasteiger partial charge < -0.3 is 20.1 Å². The molecule has 188 valence electrons. The Labute approximate surface area is 223 Å². The van der Waals surface area contributed by atoms with Gasteiger partial charge in [0.2, 0.25) is 5.95 Å². The molecule has 8 nitrogen and oxygen atoms in total. The molecule has 5 rings (SSSR count). The Morgan fingerprint density at radius 2 is 1.76 bits per heavy atom. The molecule has 3 aromatic carbocycles. The Morgan fingerprint density at radius 1 is 1.05 bits per heavy atom. The van der Waals surface area contributed by atoms with Gasteiger partial charge in [-0.1, -0.05) is 47.5 Å². The van der Waals surface area contributed by atoms with Crippen molar-refractivity contribution in [3.63, 3.8) is 0 Å². The van der Waals surface area contributed by atoms with Gasteiger partial charge in [-0.25, -0.2) is 4.68 Å². The number of methoxy groups -OCH3 is 1. The summed E-state index contributed by atoms with van der Waals surface area (Å²) in [5, 5.41) is 11.8.